The van der Waals surface area contributed by atoms with Gasteiger partial charge in [-0.25, -0.2) is 14.2 Å². The van der Waals surface area contributed by atoms with Gasteiger partial charge in [0, 0.05) is 25.6 Å². The normalized spacial score (nSPS) is 15.2. The van der Waals surface area contributed by atoms with Gasteiger partial charge in [-0.1, -0.05) is 30.3 Å². The molecule has 2 amide bonds. The highest BCUT2D eigenvalue weighted by molar-refractivity contribution is 5.74. The van der Waals surface area contributed by atoms with E-state index in [4.69, 9.17) is 4.42 Å². The Morgan fingerprint density at radius 1 is 1.15 bits per heavy atom. The van der Waals surface area contributed by atoms with Gasteiger partial charge in [0.2, 0.25) is 0 Å². The van der Waals surface area contributed by atoms with Crippen LogP contribution in [0.5, 0.6) is 0 Å². The van der Waals surface area contributed by atoms with E-state index in [1.165, 1.54) is 6.07 Å². The molecule has 1 aromatic heterocycles. The summed E-state index contributed by atoms with van der Waals surface area (Å²) in [5.41, 5.74) is 2.30. The molecule has 1 aliphatic rings. The maximum Gasteiger partial charge on any atom is 0.317 e. The minimum Gasteiger partial charge on any atom is -0.440 e. The van der Waals surface area contributed by atoms with Crippen LogP contribution in [0.3, 0.4) is 0 Å². The zero-order valence-electron chi connectivity index (χ0n) is 15.0. The third kappa shape index (κ3) is 3.94. The Kier molecular flexibility index (Phi) is 5.05. The van der Waals surface area contributed by atoms with E-state index in [9.17, 15) is 9.18 Å². The average Bonchev–Trinajstić information content (AvgIpc) is 3.14. The lowest BCUT2D eigenvalue weighted by molar-refractivity contribution is 0.177. The summed E-state index contributed by atoms with van der Waals surface area (Å²) < 4.78 is 19.5. The van der Waals surface area contributed by atoms with Crippen molar-refractivity contribution in [2.45, 2.75) is 25.2 Å². The number of hydrogen-bond donors (Lipinski definition) is 1. The molecule has 1 saturated heterocycles. The third-order valence-corrected chi connectivity index (χ3v) is 5.07. The van der Waals surface area contributed by atoms with Crippen LogP contribution in [0.25, 0.3) is 11.1 Å². The number of carbonyl (C=O) groups is 1. The van der Waals surface area contributed by atoms with Crippen molar-refractivity contribution >= 4 is 17.1 Å². The molecule has 0 radical (unpaired) electrons. The summed E-state index contributed by atoms with van der Waals surface area (Å²) in [4.78, 5) is 18.7. The number of fused-ring (bicyclic) bond motifs is 1. The van der Waals surface area contributed by atoms with Gasteiger partial charge in [0.05, 0.1) is 0 Å². The molecule has 0 unspecified atom stereocenters. The Hall–Kier alpha value is -2.89. The summed E-state index contributed by atoms with van der Waals surface area (Å²) in [6.45, 7) is 1.74. The fraction of sp³-hybridized carbons (Fsp3) is 0.333. The molecule has 0 atom stereocenters. The van der Waals surface area contributed by atoms with Gasteiger partial charge in [-0.15, -0.1) is 0 Å². The number of oxazole rings is 1. The van der Waals surface area contributed by atoms with Crippen molar-refractivity contribution in [2.75, 3.05) is 19.6 Å². The van der Waals surface area contributed by atoms with Crippen molar-refractivity contribution in [2.24, 2.45) is 0 Å². The van der Waals surface area contributed by atoms with Crippen LogP contribution < -0.4 is 5.32 Å². The van der Waals surface area contributed by atoms with Gasteiger partial charge >= 0.3 is 6.03 Å². The van der Waals surface area contributed by atoms with Crippen LogP contribution >= 0.6 is 0 Å². The van der Waals surface area contributed by atoms with E-state index in [0.717, 1.165) is 29.8 Å². The van der Waals surface area contributed by atoms with Crippen molar-refractivity contribution < 1.29 is 13.6 Å². The second kappa shape index (κ2) is 7.78. The maximum absolute atomic E-state index is 13.6. The first-order chi connectivity index (χ1) is 13.2. The molecule has 1 fully saturated rings. The molecular formula is C21H22FN3O2. The monoisotopic (exact) mass is 367 g/mol. The molecule has 0 spiro atoms. The number of amides is 2. The van der Waals surface area contributed by atoms with E-state index >= 15 is 0 Å². The van der Waals surface area contributed by atoms with Crippen LogP contribution in [0.2, 0.25) is 0 Å². The average molecular weight is 367 g/mol. The number of hydrogen-bond acceptors (Lipinski definition) is 3. The third-order valence-electron chi connectivity index (χ3n) is 5.07. The van der Waals surface area contributed by atoms with Gasteiger partial charge in [-0.3, -0.25) is 0 Å². The van der Waals surface area contributed by atoms with Crippen LogP contribution in [-0.2, 0) is 6.42 Å². The molecule has 1 aliphatic heterocycles. The summed E-state index contributed by atoms with van der Waals surface area (Å²) in [6, 6.07) is 14.3. The molecule has 27 heavy (non-hydrogen) atoms. The molecule has 2 heterocycles. The highest BCUT2D eigenvalue weighted by Gasteiger charge is 2.26. The first kappa shape index (κ1) is 17.5. The number of rotatable bonds is 4. The lowest BCUT2D eigenvalue weighted by atomic mass is 9.97. The Morgan fingerprint density at radius 2 is 1.89 bits per heavy atom. The Morgan fingerprint density at radius 3 is 2.67 bits per heavy atom. The van der Waals surface area contributed by atoms with Crippen LogP contribution in [0.15, 0.2) is 52.9 Å². The van der Waals surface area contributed by atoms with Crippen LogP contribution in [0.1, 0.15) is 30.2 Å². The van der Waals surface area contributed by atoms with Crippen molar-refractivity contribution in [3.8, 4) is 0 Å². The Balaban J connectivity index is 1.27. The lowest BCUT2D eigenvalue weighted by Crippen LogP contribution is -2.44. The zero-order chi connectivity index (χ0) is 18.6. The molecule has 3 aromatic rings. The van der Waals surface area contributed by atoms with E-state index < -0.39 is 0 Å². The second-order valence-corrected chi connectivity index (χ2v) is 6.85. The van der Waals surface area contributed by atoms with Crippen LogP contribution in [0, 0.1) is 5.82 Å². The number of para-hydroxylation sites is 2. The number of aromatic nitrogens is 1. The van der Waals surface area contributed by atoms with E-state index in [-0.39, 0.29) is 17.8 Å². The first-order valence-electron chi connectivity index (χ1n) is 9.32. The van der Waals surface area contributed by atoms with E-state index in [1.54, 1.807) is 23.1 Å². The number of halogens is 1. The number of urea groups is 1. The van der Waals surface area contributed by atoms with Crippen molar-refractivity contribution in [1.82, 2.24) is 15.2 Å². The first-order valence-corrected chi connectivity index (χ1v) is 9.32. The smallest absolute Gasteiger partial charge is 0.317 e. The zero-order valence-corrected chi connectivity index (χ0v) is 15.0. The van der Waals surface area contributed by atoms with Gasteiger partial charge in [0.15, 0.2) is 11.5 Å². The minimum absolute atomic E-state index is 0.0950. The van der Waals surface area contributed by atoms with E-state index in [2.05, 4.69) is 10.3 Å². The van der Waals surface area contributed by atoms with Gasteiger partial charge < -0.3 is 14.6 Å². The maximum atomic E-state index is 13.6. The molecule has 140 valence electrons. The molecule has 4 rings (SSSR count). The predicted octanol–water partition coefficient (Wildman–Crippen LogP) is 4.10. The minimum atomic E-state index is -0.231. The van der Waals surface area contributed by atoms with E-state index in [1.807, 2.05) is 24.3 Å². The summed E-state index contributed by atoms with van der Waals surface area (Å²) in [7, 11) is 0. The van der Waals surface area contributed by atoms with Crippen LogP contribution in [-0.4, -0.2) is 35.5 Å². The molecule has 6 heteroatoms. The number of nitrogens with zero attached hydrogens (tertiary/aromatic N) is 2. The van der Waals surface area contributed by atoms with Gasteiger partial charge in [-0.05, 0) is 43.0 Å². The van der Waals surface area contributed by atoms with Gasteiger partial charge in [-0.2, -0.15) is 0 Å². The fourth-order valence-electron chi connectivity index (χ4n) is 3.51. The standard InChI is InChI=1S/C21H22FN3O2/c22-17-6-2-1-5-15(17)9-12-23-21(26)25-13-10-16(11-14-25)20-24-18-7-3-4-8-19(18)27-20/h1-8,16H,9-14H2,(H,23,26). The molecular weight excluding hydrogens is 345 g/mol. The van der Waals surface area contributed by atoms with Gasteiger partial charge in [0.25, 0.3) is 0 Å². The summed E-state index contributed by atoms with van der Waals surface area (Å²) >= 11 is 0. The molecule has 1 N–H and O–H groups in total. The number of nitrogens with one attached hydrogen (secondary N) is 1. The molecule has 0 saturated carbocycles. The summed E-state index contributed by atoms with van der Waals surface area (Å²) in [5, 5.41) is 2.89. The number of likely N-dealkylation sites (tertiary alicyclic amines) is 1. The molecule has 2 aromatic carbocycles. The number of benzene rings is 2. The van der Waals surface area contributed by atoms with Crippen LogP contribution in [0.4, 0.5) is 9.18 Å². The SMILES string of the molecule is O=C(NCCc1ccccc1F)N1CCC(c2nc3ccccc3o2)CC1. The lowest BCUT2D eigenvalue weighted by Gasteiger charge is -2.30. The van der Waals surface area contributed by atoms with Crippen molar-refractivity contribution in [1.29, 1.82) is 0 Å². The topological polar surface area (TPSA) is 58.4 Å². The fourth-order valence-corrected chi connectivity index (χ4v) is 3.51. The van der Waals surface area contributed by atoms with Crippen molar-refractivity contribution in [3.05, 3.63) is 65.8 Å². The molecule has 0 bridgehead atoms. The quantitative estimate of drug-likeness (QED) is 0.755. The van der Waals surface area contributed by atoms with E-state index in [0.29, 0.717) is 31.6 Å². The molecule has 0 aliphatic carbocycles. The predicted molar refractivity (Wildman–Crippen MR) is 101 cm³/mol. The highest BCUT2D eigenvalue weighted by Crippen LogP contribution is 2.29. The highest BCUT2D eigenvalue weighted by atomic mass is 19.1. The van der Waals surface area contributed by atoms with Gasteiger partial charge in [0.1, 0.15) is 11.3 Å². The number of carbonyl (C=O) groups excluding carboxylic acids is 1. The second-order valence-electron chi connectivity index (χ2n) is 6.85. The van der Waals surface area contributed by atoms with Crippen molar-refractivity contribution in [3.63, 3.8) is 0 Å². The Labute approximate surface area is 157 Å². The Bertz CT molecular complexity index is 899. The summed E-state index contributed by atoms with van der Waals surface area (Å²) in [6.07, 6.45) is 2.14. The molecule has 5 nitrogen and oxygen atoms in total. The largest absolute Gasteiger partial charge is 0.440 e. The summed E-state index contributed by atoms with van der Waals surface area (Å²) in [5.74, 6) is 0.765. The number of piperidine rings is 1.